The maximum Gasteiger partial charge on any atom is 0.276 e. The molecule has 2 aromatic rings. The molecule has 1 heterocycles. The average molecular weight is 310 g/mol. The summed E-state index contributed by atoms with van der Waals surface area (Å²) in [5, 5.41) is 4.16. The van der Waals surface area contributed by atoms with Crippen molar-refractivity contribution in [3.05, 3.63) is 41.1 Å². The van der Waals surface area contributed by atoms with E-state index in [1.807, 2.05) is 17.0 Å². The fraction of sp³-hybridized carbons (Fsp3) is 0.474. The molecule has 4 heteroatoms. The van der Waals surface area contributed by atoms with Crippen molar-refractivity contribution in [2.45, 2.75) is 45.6 Å². The van der Waals surface area contributed by atoms with Gasteiger partial charge in [0, 0.05) is 23.7 Å². The molecule has 0 aliphatic heterocycles. The van der Waals surface area contributed by atoms with E-state index in [2.05, 4.69) is 31.1 Å². The molecule has 0 unspecified atom stereocenters. The Hall–Kier alpha value is -2.10. The van der Waals surface area contributed by atoms with E-state index in [9.17, 15) is 4.79 Å². The highest BCUT2D eigenvalue weighted by atomic mass is 16.5. The SMILES string of the molecule is CC(C)N(CC1CC1)C(=O)c1noc2c1CCc1ccccc1-2. The first-order valence-corrected chi connectivity index (χ1v) is 8.53. The lowest BCUT2D eigenvalue weighted by Crippen LogP contribution is -2.39. The van der Waals surface area contributed by atoms with Crippen molar-refractivity contribution < 1.29 is 9.32 Å². The number of amides is 1. The monoisotopic (exact) mass is 310 g/mol. The van der Waals surface area contributed by atoms with Crippen molar-refractivity contribution in [1.29, 1.82) is 0 Å². The van der Waals surface area contributed by atoms with Crippen LogP contribution in [0.15, 0.2) is 28.8 Å². The Kier molecular flexibility index (Phi) is 3.47. The van der Waals surface area contributed by atoms with Gasteiger partial charge in [0.15, 0.2) is 11.5 Å². The molecule has 1 aromatic carbocycles. The van der Waals surface area contributed by atoms with Gasteiger partial charge in [0.2, 0.25) is 0 Å². The van der Waals surface area contributed by atoms with Crippen molar-refractivity contribution in [2.24, 2.45) is 5.92 Å². The summed E-state index contributed by atoms with van der Waals surface area (Å²) < 4.78 is 5.59. The Balaban J connectivity index is 1.68. The zero-order chi connectivity index (χ0) is 16.0. The number of rotatable bonds is 4. The Labute approximate surface area is 136 Å². The van der Waals surface area contributed by atoms with Crippen molar-refractivity contribution in [2.75, 3.05) is 6.54 Å². The van der Waals surface area contributed by atoms with Crippen molar-refractivity contribution in [3.63, 3.8) is 0 Å². The summed E-state index contributed by atoms with van der Waals surface area (Å²) in [7, 11) is 0. The highest BCUT2D eigenvalue weighted by molar-refractivity contribution is 5.95. The van der Waals surface area contributed by atoms with Gasteiger partial charge in [-0.05, 0) is 51.0 Å². The minimum atomic E-state index is 0.0243. The zero-order valence-electron chi connectivity index (χ0n) is 13.7. The molecule has 1 aromatic heterocycles. The van der Waals surface area contributed by atoms with Gasteiger partial charge in [0.25, 0.3) is 5.91 Å². The van der Waals surface area contributed by atoms with Gasteiger partial charge in [-0.15, -0.1) is 0 Å². The highest BCUT2D eigenvalue weighted by Crippen LogP contribution is 2.36. The van der Waals surface area contributed by atoms with E-state index in [0.29, 0.717) is 11.6 Å². The number of hydrogen-bond acceptors (Lipinski definition) is 3. The second kappa shape index (κ2) is 5.52. The third-order valence-corrected chi connectivity index (χ3v) is 4.93. The first-order valence-electron chi connectivity index (χ1n) is 8.53. The molecule has 0 saturated heterocycles. The number of aromatic nitrogens is 1. The Morgan fingerprint density at radius 2 is 2.09 bits per heavy atom. The predicted octanol–water partition coefficient (Wildman–Crippen LogP) is 3.70. The molecule has 4 nitrogen and oxygen atoms in total. The second-order valence-electron chi connectivity index (χ2n) is 6.99. The molecular weight excluding hydrogens is 288 g/mol. The smallest absolute Gasteiger partial charge is 0.276 e. The van der Waals surface area contributed by atoms with Crippen molar-refractivity contribution in [1.82, 2.24) is 10.1 Å². The molecule has 23 heavy (non-hydrogen) atoms. The van der Waals surface area contributed by atoms with E-state index in [4.69, 9.17) is 4.52 Å². The number of aryl methyl sites for hydroxylation is 1. The van der Waals surface area contributed by atoms with Gasteiger partial charge in [-0.25, -0.2) is 0 Å². The summed E-state index contributed by atoms with van der Waals surface area (Å²) in [6.07, 6.45) is 4.24. The third-order valence-electron chi connectivity index (χ3n) is 4.93. The van der Waals surface area contributed by atoms with Crippen molar-refractivity contribution in [3.8, 4) is 11.3 Å². The fourth-order valence-electron chi connectivity index (χ4n) is 3.38. The molecular formula is C19H22N2O2. The number of hydrogen-bond donors (Lipinski definition) is 0. The van der Waals surface area contributed by atoms with Crippen LogP contribution in [-0.4, -0.2) is 28.6 Å². The number of fused-ring (bicyclic) bond motifs is 3. The average Bonchev–Trinajstić information content (AvgIpc) is 3.27. The van der Waals surface area contributed by atoms with E-state index < -0.39 is 0 Å². The summed E-state index contributed by atoms with van der Waals surface area (Å²) in [6, 6.07) is 8.41. The second-order valence-corrected chi connectivity index (χ2v) is 6.99. The Morgan fingerprint density at radius 1 is 1.30 bits per heavy atom. The van der Waals surface area contributed by atoms with Crippen LogP contribution in [0.3, 0.4) is 0 Å². The number of carbonyl (C=O) groups is 1. The minimum absolute atomic E-state index is 0.0243. The molecule has 0 bridgehead atoms. The first-order chi connectivity index (χ1) is 11.1. The topological polar surface area (TPSA) is 46.3 Å². The number of nitrogens with zero attached hydrogens (tertiary/aromatic N) is 2. The van der Waals surface area contributed by atoms with Crippen LogP contribution in [-0.2, 0) is 12.8 Å². The van der Waals surface area contributed by atoms with E-state index >= 15 is 0 Å². The molecule has 0 atom stereocenters. The first kappa shape index (κ1) is 14.5. The van der Waals surface area contributed by atoms with Crippen LogP contribution >= 0.6 is 0 Å². The highest BCUT2D eigenvalue weighted by Gasteiger charge is 2.33. The quantitative estimate of drug-likeness (QED) is 0.865. The van der Waals surface area contributed by atoms with E-state index in [1.54, 1.807) is 0 Å². The summed E-state index contributed by atoms with van der Waals surface area (Å²) in [4.78, 5) is 15.0. The van der Waals surface area contributed by atoms with Crippen LogP contribution < -0.4 is 0 Å². The van der Waals surface area contributed by atoms with Gasteiger partial charge in [0.1, 0.15) is 0 Å². The summed E-state index contributed by atoms with van der Waals surface area (Å²) in [6.45, 7) is 4.99. The molecule has 4 rings (SSSR count). The lowest BCUT2D eigenvalue weighted by molar-refractivity contribution is 0.0684. The molecule has 1 saturated carbocycles. The van der Waals surface area contributed by atoms with E-state index in [-0.39, 0.29) is 11.9 Å². The summed E-state index contributed by atoms with van der Waals surface area (Å²) in [5.74, 6) is 1.48. The largest absolute Gasteiger partial charge is 0.355 e. The summed E-state index contributed by atoms with van der Waals surface area (Å²) >= 11 is 0. The summed E-state index contributed by atoms with van der Waals surface area (Å²) in [5.41, 5.74) is 3.85. The van der Waals surface area contributed by atoms with E-state index in [1.165, 1.54) is 18.4 Å². The van der Waals surface area contributed by atoms with Crippen LogP contribution in [0.2, 0.25) is 0 Å². The minimum Gasteiger partial charge on any atom is -0.355 e. The normalized spacial score (nSPS) is 16.1. The van der Waals surface area contributed by atoms with Crippen LogP contribution in [0.4, 0.5) is 0 Å². The standard InChI is InChI=1S/C19H22N2O2/c1-12(2)21(11-13-7-8-13)19(22)17-16-10-9-14-5-3-4-6-15(14)18(16)23-20-17/h3-6,12-13H,7-11H2,1-2H3. The molecule has 0 N–H and O–H groups in total. The van der Waals surface area contributed by atoms with Gasteiger partial charge >= 0.3 is 0 Å². The Bertz CT molecular complexity index is 744. The molecule has 2 aliphatic carbocycles. The van der Waals surface area contributed by atoms with Crippen molar-refractivity contribution >= 4 is 5.91 Å². The third kappa shape index (κ3) is 2.56. The van der Waals surface area contributed by atoms with Crippen LogP contribution in [0, 0.1) is 5.92 Å². The molecule has 0 radical (unpaired) electrons. The van der Waals surface area contributed by atoms with Gasteiger partial charge in [-0.2, -0.15) is 0 Å². The molecule has 2 aliphatic rings. The molecule has 0 spiro atoms. The maximum atomic E-state index is 13.0. The zero-order valence-corrected chi connectivity index (χ0v) is 13.7. The van der Waals surface area contributed by atoms with Crippen LogP contribution in [0.1, 0.15) is 48.3 Å². The van der Waals surface area contributed by atoms with Gasteiger partial charge in [0.05, 0.1) is 0 Å². The molecule has 1 fully saturated rings. The lowest BCUT2D eigenvalue weighted by atomic mass is 9.89. The lowest BCUT2D eigenvalue weighted by Gasteiger charge is -2.26. The maximum absolute atomic E-state index is 13.0. The van der Waals surface area contributed by atoms with E-state index in [0.717, 1.165) is 36.3 Å². The number of benzene rings is 1. The predicted molar refractivity (Wildman–Crippen MR) is 88.2 cm³/mol. The molecule has 120 valence electrons. The molecule has 1 amide bonds. The van der Waals surface area contributed by atoms with Gasteiger partial charge in [-0.3, -0.25) is 4.79 Å². The fourth-order valence-corrected chi connectivity index (χ4v) is 3.38. The van der Waals surface area contributed by atoms with Crippen LogP contribution in [0.5, 0.6) is 0 Å². The van der Waals surface area contributed by atoms with Gasteiger partial charge < -0.3 is 9.42 Å². The van der Waals surface area contributed by atoms with Gasteiger partial charge in [-0.1, -0.05) is 29.4 Å². The number of carbonyl (C=O) groups excluding carboxylic acids is 1. The Morgan fingerprint density at radius 3 is 2.83 bits per heavy atom. The van der Waals surface area contributed by atoms with Crippen LogP contribution in [0.25, 0.3) is 11.3 Å².